The second kappa shape index (κ2) is 14.6. The van der Waals surface area contributed by atoms with Crippen LogP contribution in [0, 0.1) is 5.92 Å². The molecule has 0 aromatic carbocycles. The van der Waals surface area contributed by atoms with Crippen LogP contribution in [-0.4, -0.2) is 63.5 Å². The summed E-state index contributed by atoms with van der Waals surface area (Å²) in [6, 6.07) is 0. The van der Waals surface area contributed by atoms with Gasteiger partial charge in [-0.2, -0.15) is 0 Å². The Hall–Kier alpha value is -1.34. The van der Waals surface area contributed by atoms with Gasteiger partial charge in [0.2, 0.25) is 5.91 Å². The summed E-state index contributed by atoms with van der Waals surface area (Å²) in [4.78, 5) is 15.9. The summed E-state index contributed by atoms with van der Waals surface area (Å²) in [6.45, 7) is 6.85. The highest BCUT2D eigenvalue weighted by Crippen LogP contribution is 2.09. The molecule has 1 unspecified atom stereocenters. The van der Waals surface area contributed by atoms with Crippen molar-refractivity contribution in [1.82, 2.24) is 16.0 Å². The molecule has 0 aromatic heterocycles. The first kappa shape index (κ1) is 20.7. The maximum absolute atomic E-state index is 11.6. The van der Waals surface area contributed by atoms with Gasteiger partial charge in [-0.05, 0) is 25.7 Å². The van der Waals surface area contributed by atoms with Crippen LogP contribution < -0.4 is 16.0 Å². The summed E-state index contributed by atoms with van der Waals surface area (Å²) in [5.41, 5.74) is 0. The monoisotopic (exact) mass is 316 g/mol. The molecule has 0 aliphatic carbocycles. The fourth-order valence-corrected chi connectivity index (χ4v) is 2.02. The molecule has 0 heterocycles. The largest absolute Gasteiger partial charge is 0.396 e. The second-order valence-corrected chi connectivity index (χ2v) is 5.09. The molecule has 4 N–H and O–H groups in total. The topological polar surface area (TPSA) is 95.0 Å². The Morgan fingerprint density at radius 1 is 1.23 bits per heavy atom. The minimum Gasteiger partial charge on any atom is -0.396 e. The molecule has 0 fully saturated rings. The van der Waals surface area contributed by atoms with Gasteiger partial charge in [0.05, 0.1) is 6.61 Å². The zero-order valence-electron chi connectivity index (χ0n) is 14.2. The summed E-state index contributed by atoms with van der Waals surface area (Å²) < 4.78 is 4.87. The van der Waals surface area contributed by atoms with E-state index in [1.54, 1.807) is 7.11 Å². The number of guanidine groups is 1. The van der Waals surface area contributed by atoms with E-state index in [0.717, 1.165) is 32.4 Å². The summed E-state index contributed by atoms with van der Waals surface area (Å²) in [5, 5.41) is 18.2. The van der Waals surface area contributed by atoms with E-state index in [1.807, 2.05) is 6.92 Å². The average Bonchev–Trinajstić information content (AvgIpc) is 2.50. The molecule has 7 heteroatoms. The smallest absolute Gasteiger partial charge is 0.241 e. The standard InChI is InChI=1S/C15H32N4O3/c1-4-6-13(7-9-20)11-18-15(16-5-2)19-12-14(21)17-8-10-22-3/h13,20H,4-12H2,1-3H3,(H,17,21)(H2,16,18,19). The number of carbonyl (C=O) groups excluding carboxylic acids is 1. The van der Waals surface area contributed by atoms with Gasteiger partial charge in [0.15, 0.2) is 5.96 Å². The Morgan fingerprint density at radius 2 is 2.00 bits per heavy atom. The molecule has 7 nitrogen and oxygen atoms in total. The van der Waals surface area contributed by atoms with Crippen LogP contribution in [0.5, 0.6) is 0 Å². The molecule has 0 spiro atoms. The Morgan fingerprint density at radius 3 is 2.59 bits per heavy atom. The number of methoxy groups -OCH3 is 1. The zero-order chi connectivity index (χ0) is 16.6. The predicted molar refractivity (Wildman–Crippen MR) is 89.0 cm³/mol. The van der Waals surface area contributed by atoms with E-state index in [-0.39, 0.29) is 19.1 Å². The zero-order valence-corrected chi connectivity index (χ0v) is 14.2. The van der Waals surface area contributed by atoms with Crippen LogP contribution in [0.3, 0.4) is 0 Å². The van der Waals surface area contributed by atoms with Gasteiger partial charge in [-0.1, -0.05) is 13.3 Å². The van der Waals surface area contributed by atoms with Crippen molar-refractivity contribution in [3.05, 3.63) is 0 Å². The molecule has 0 saturated carbocycles. The molecule has 0 aromatic rings. The van der Waals surface area contributed by atoms with Crippen LogP contribution in [0.1, 0.15) is 33.1 Å². The third-order valence-electron chi connectivity index (χ3n) is 3.15. The van der Waals surface area contributed by atoms with Gasteiger partial charge in [0, 0.05) is 33.4 Å². The van der Waals surface area contributed by atoms with Gasteiger partial charge in [0.1, 0.15) is 6.54 Å². The lowest BCUT2D eigenvalue weighted by Crippen LogP contribution is -2.41. The van der Waals surface area contributed by atoms with E-state index in [9.17, 15) is 4.79 Å². The second-order valence-electron chi connectivity index (χ2n) is 5.09. The van der Waals surface area contributed by atoms with Crippen molar-refractivity contribution >= 4 is 11.9 Å². The van der Waals surface area contributed by atoms with Crippen molar-refractivity contribution in [2.45, 2.75) is 33.1 Å². The van der Waals surface area contributed by atoms with Crippen molar-refractivity contribution in [3.8, 4) is 0 Å². The first-order chi connectivity index (χ1) is 10.7. The third-order valence-corrected chi connectivity index (χ3v) is 3.15. The highest BCUT2D eigenvalue weighted by Gasteiger charge is 2.08. The normalized spacial score (nSPS) is 12.8. The fraction of sp³-hybridized carbons (Fsp3) is 0.867. The minimum absolute atomic E-state index is 0.0808. The molecule has 0 rings (SSSR count). The summed E-state index contributed by atoms with van der Waals surface area (Å²) in [6.07, 6.45) is 2.92. The van der Waals surface area contributed by atoms with Crippen molar-refractivity contribution in [2.75, 3.05) is 46.5 Å². The highest BCUT2D eigenvalue weighted by atomic mass is 16.5. The molecule has 1 atom stereocenters. The summed E-state index contributed by atoms with van der Waals surface area (Å²) >= 11 is 0. The number of hydrogen-bond acceptors (Lipinski definition) is 4. The van der Waals surface area contributed by atoms with Gasteiger partial charge < -0.3 is 25.8 Å². The van der Waals surface area contributed by atoms with Crippen molar-refractivity contribution < 1.29 is 14.6 Å². The highest BCUT2D eigenvalue weighted by molar-refractivity contribution is 5.84. The Kier molecular flexibility index (Phi) is 13.7. The minimum atomic E-state index is -0.130. The van der Waals surface area contributed by atoms with Crippen LogP contribution in [0.4, 0.5) is 0 Å². The van der Waals surface area contributed by atoms with Gasteiger partial charge in [-0.25, -0.2) is 4.99 Å². The Bertz CT molecular complexity index is 305. The van der Waals surface area contributed by atoms with Gasteiger partial charge in [-0.15, -0.1) is 0 Å². The number of aliphatic hydroxyl groups is 1. The van der Waals surface area contributed by atoms with Crippen LogP contribution in [0.2, 0.25) is 0 Å². The predicted octanol–water partition coefficient (Wildman–Crippen LogP) is 0.103. The van der Waals surface area contributed by atoms with Crippen LogP contribution in [0.25, 0.3) is 0 Å². The molecule has 0 radical (unpaired) electrons. The summed E-state index contributed by atoms with van der Waals surface area (Å²) in [7, 11) is 1.59. The number of nitrogens with one attached hydrogen (secondary N) is 3. The first-order valence-corrected chi connectivity index (χ1v) is 8.06. The molecule has 22 heavy (non-hydrogen) atoms. The van der Waals surface area contributed by atoms with Gasteiger partial charge in [0.25, 0.3) is 0 Å². The Balaban J connectivity index is 4.26. The molecule has 1 amide bonds. The van der Waals surface area contributed by atoms with Gasteiger partial charge in [-0.3, -0.25) is 4.79 Å². The van der Waals surface area contributed by atoms with E-state index in [0.29, 0.717) is 25.0 Å². The fourth-order valence-electron chi connectivity index (χ4n) is 2.02. The van der Waals surface area contributed by atoms with E-state index in [2.05, 4.69) is 27.9 Å². The molecular formula is C15H32N4O3. The maximum Gasteiger partial charge on any atom is 0.241 e. The molecule has 0 bridgehead atoms. The van der Waals surface area contributed by atoms with Crippen LogP contribution in [0.15, 0.2) is 4.99 Å². The van der Waals surface area contributed by atoms with Crippen LogP contribution in [-0.2, 0) is 9.53 Å². The maximum atomic E-state index is 11.6. The first-order valence-electron chi connectivity index (χ1n) is 8.06. The van der Waals surface area contributed by atoms with E-state index in [1.165, 1.54) is 0 Å². The van der Waals surface area contributed by atoms with Crippen molar-refractivity contribution in [2.24, 2.45) is 10.9 Å². The average molecular weight is 316 g/mol. The SMILES string of the molecule is CCCC(CCO)CNC(=NCC(=O)NCCOC)NCC. The van der Waals surface area contributed by atoms with E-state index < -0.39 is 0 Å². The quantitative estimate of drug-likeness (QED) is 0.233. The lowest BCUT2D eigenvalue weighted by molar-refractivity contribution is -0.119. The number of nitrogens with zero attached hydrogens (tertiary/aromatic N) is 1. The molecule has 0 aliphatic rings. The van der Waals surface area contributed by atoms with Gasteiger partial charge >= 0.3 is 0 Å². The van der Waals surface area contributed by atoms with Crippen molar-refractivity contribution in [1.29, 1.82) is 0 Å². The number of carbonyl (C=O) groups is 1. The van der Waals surface area contributed by atoms with E-state index in [4.69, 9.17) is 9.84 Å². The number of amides is 1. The Labute approximate surface area is 133 Å². The molecule has 0 saturated heterocycles. The number of aliphatic imine (C=N–C) groups is 1. The number of aliphatic hydroxyl groups excluding tert-OH is 1. The van der Waals surface area contributed by atoms with Crippen LogP contribution >= 0.6 is 0 Å². The molecule has 0 aliphatic heterocycles. The lowest BCUT2D eigenvalue weighted by Gasteiger charge is -2.18. The summed E-state index contributed by atoms with van der Waals surface area (Å²) in [5.74, 6) is 0.910. The molecule has 130 valence electrons. The number of hydrogen-bond donors (Lipinski definition) is 4. The molecular weight excluding hydrogens is 284 g/mol. The number of rotatable bonds is 12. The number of ether oxygens (including phenoxy) is 1. The van der Waals surface area contributed by atoms with Crippen molar-refractivity contribution in [3.63, 3.8) is 0 Å². The van der Waals surface area contributed by atoms with E-state index >= 15 is 0 Å². The lowest BCUT2D eigenvalue weighted by atomic mass is 10.0. The third kappa shape index (κ3) is 11.3.